The van der Waals surface area contributed by atoms with E-state index in [0.717, 1.165) is 12.1 Å². The van der Waals surface area contributed by atoms with Gasteiger partial charge in [-0.25, -0.2) is 17.2 Å². The molecule has 7 nitrogen and oxygen atoms in total. The van der Waals surface area contributed by atoms with E-state index < -0.39 is 39.1 Å². The molecule has 134 valence electrons. The molecule has 0 fully saturated rings. The van der Waals surface area contributed by atoms with Crippen LogP contribution in [0.3, 0.4) is 0 Å². The Bertz CT molecular complexity index is 874. The molecule has 10 heteroatoms. The molecular weight excluding hydrogens is 358 g/mol. The largest absolute Gasteiger partial charge is 0.493 e. The van der Waals surface area contributed by atoms with Gasteiger partial charge < -0.3 is 9.47 Å². The summed E-state index contributed by atoms with van der Waals surface area (Å²) >= 11 is 0. The lowest BCUT2D eigenvalue weighted by Gasteiger charge is -2.11. The zero-order chi connectivity index (χ0) is 18.4. The second-order valence-electron chi connectivity index (χ2n) is 4.67. The molecule has 0 aliphatic rings. The van der Waals surface area contributed by atoms with Crippen LogP contribution in [-0.2, 0) is 14.8 Å². The van der Waals surface area contributed by atoms with Crippen LogP contribution in [0.1, 0.15) is 0 Å². The van der Waals surface area contributed by atoms with E-state index in [0.29, 0.717) is 11.8 Å². The third-order valence-electron chi connectivity index (χ3n) is 2.94. The van der Waals surface area contributed by atoms with Crippen LogP contribution in [0.2, 0.25) is 0 Å². The molecule has 0 radical (unpaired) electrons. The maximum absolute atomic E-state index is 13.5. The molecule has 0 saturated carbocycles. The maximum atomic E-state index is 13.5. The number of para-hydroxylation sites is 2. The van der Waals surface area contributed by atoms with E-state index >= 15 is 0 Å². The van der Waals surface area contributed by atoms with Crippen molar-refractivity contribution in [2.24, 2.45) is 0 Å². The zero-order valence-electron chi connectivity index (χ0n) is 13.0. The van der Waals surface area contributed by atoms with Gasteiger partial charge in [-0.3, -0.25) is 10.2 Å². The summed E-state index contributed by atoms with van der Waals surface area (Å²) in [7, 11) is -2.98. The molecular formula is C15H14F2N2O5S. The summed E-state index contributed by atoms with van der Waals surface area (Å²) in [6, 6.07) is 8.49. The van der Waals surface area contributed by atoms with Crippen molar-refractivity contribution in [2.75, 3.05) is 13.7 Å². The predicted octanol–water partition coefficient (Wildman–Crippen LogP) is 1.36. The number of amides is 1. The standard InChI is InChI=1S/C15H14F2N2O5S/c1-23-12-4-2-3-5-13(12)24-9-15(20)18-19-25(21,22)14-7-6-10(16)8-11(14)17/h2-8,19H,9H2,1H3,(H,18,20). The Morgan fingerprint density at radius 2 is 1.80 bits per heavy atom. The van der Waals surface area contributed by atoms with Crippen LogP contribution in [0.25, 0.3) is 0 Å². The van der Waals surface area contributed by atoms with Crippen molar-refractivity contribution in [3.05, 3.63) is 54.1 Å². The molecule has 25 heavy (non-hydrogen) atoms. The first-order valence-corrected chi connectivity index (χ1v) is 8.33. The van der Waals surface area contributed by atoms with Gasteiger partial charge in [0.1, 0.15) is 16.5 Å². The Balaban J connectivity index is 1.95. The van der Waals surface area contributed by atoms with E-state index in [-0.39, 0.29) is 5.75 Å². The highest BCUT2D eigenvalue weighted by Crippen LogP contribution is 2.25. The number of methoxy groups -OCH3 is 1. The first-order valence-electron chi connectivity index (χ1n) is 6.85. The summed E-state index contributed by atoms with van der Waals surface area (Å²) in [6.45, 7) is -0.519. The molecule has 0 aliphatic carbocycles. The van der Waals surface area contributed by atoms with E-state index in [9.17, 15) is 22.0 Å². The van der Waals surface area contributed by atoms with Gasteiger partial charge >= 0.3 is 0 Å². The van der Waals surface area contributed by atoms with Gasteiger partial charge in [0.05, 0.1) is 7.11 Å². The first kappa shape index (κ1) is 18.6. The Morgan fingerprint density at radius 3 is 2.44 bits per heavy atom. The van der Waals surface area contributed by atoms with Crippen molar-refractivity contribution in [1.82, 2.24) is 10.3 Å². The van der Waals surface area contributed by atoms with Gasteiger partial charge in [0.2, 0.25) is 0 Å². The monoisotopic (exact) mass is 372 g/mol. The Labute approximate surface area is 142 Å². The number of hydrogen-bond acceptors (Lipinski definition) is 5. The Morgan fingerprint density at radius 1 is 1.12 bits per heavy atom. The summed E-state index contributed by atoms with van der Waals surface area (Å²) in [5.74, 6) is -2.37. The number of halogens is 2. The average Bonchev–Trinajstić information content (AvgIpc) is 2.58. The van der Waals surface area contributed by atoms with Crippen molar-refractivity contribution < 1.29 is 31.5 Å². The Kier molecular flexibility index (Phi) is 5.88. The molecule has 0 bridgehead atoms. The summed E-state index contributed by atoms with van der Waals surface area (Å²) in [5.41, 5.74) is 1.87. The molecule has 0 aliphatic heterocycles. The molecule has 2 aromatic carbocycles. The van der Waals surface area contributed by atoms with Crippen LogP contribution < -0.4 is 19.7 Å². The molecule has 0 aromatic heterocycles. The van der Waals surface area contributed by atoms with Crippen LogP contribution >= 0.6 is 0 Å². The fraction of sp³-hybridized carbons (Fsp3) is 0.133. The summed E-state index contributed by atoms with van der Waals surface area (Å²) in [5, 5.41) is 0. The van der Waals surface area contributed by atoms with E-state index in [1.165, 1.54) is 7.11 Å². The Hall–Kier alpha value is -2.72. The van der Waals surface area contributed by atoms with E-state index in [1.54, 1.807) is 29.1 Å². The second-order valence-corrected chi connectivity index (χ2v) is 6.32. The molecule has 2 aromatic rings. The van der Waals surface area contributed by atoms with Crippen LogP contribution in [0, 0.1) is 11.6 Å². The molecule has 0 spiro atoms. The summed E-state index contributed by atoms with van der Waals surface area (Å²) in [4.78, 5) is 12.6. The first-order chi connectivity index (χ1) is 11.8. The predicted molar refractivity (Wildman–Crippen MR) is 83.3 cm³/mol. The second kappa shape index (κ2) is 7.90. The van der Waals surface area contributed by atoms with Gasteiger partial charge in [-0.15, -0.1) is 4.83 Å². The fourth-order valence-electron chi connectivity index (χ4n) is 1.79. The lowest BCUT2D eigenvalue weighted by atomic mass is 10.3. The third-order valence-corrected chi connectivity index (χ3v) is 4.22. The number of benzene rings is 2. The highest BCUT2D eigenvalue weighted by Gasteiger charge is 2.20. The number of hydrazine groups is 1. The minimum Gasteiger partial charge on any atom is -0.493 e. The van der Waals surface area contributed by atoms with E-state index in [1.807, 2.05) is 5.43 Å². The zero-order valence-corrected chi connectivity index (χ0v) is 13.8. The third kappa shape index (κ3) is 4.88. The van der Waals surface area contributed by atoms with Gasteiger partial charge in [-0.05, 0) is 24.3 Å². The smallest absolute Gasteiger partial charge is 0.272 e. The summed E-state index contributed by atoms with van der Waals surface area (Å²) in [6.07, 6.45) is 0. The molecule has 2 rings (SSSR count). The van der Waals surface area contributed by atoms with Gasteiger partial charge in [0.15, 0.2) is 18.1 Å². The van der Waals surface area contributed by atoms with Crippen molar-refractivity contribution in [1.29, 1.82) is 0 Å². The number of rotatable bonds is 7. The molecule has 2 N–H and O–H groups in total. The van der Waals surface area contributed by atoms with E-state index in [2.05, 4.69) is 0 Å². The normalized spacial score (nSPS) is 11.0. The van der Waals surface area contributed by atoms with Gasteiger partial charge in [-0.1, -0.05) is 12.1 Å². The molecule has 0 heterocycles. The topological polar surface area (TPSA) is 93.7 Å². The number of nitrogens with one attached hydrogen (secondary N) is 2. The molecule has 0 atom stereocenters. The van der Waals surface area contributed by atoms with Crippen molar-refractivity contribution in [3.8, 4) is 11.5 Å². The van der Waals surface area contributed by atoms with Crippen molar-refractivity contribution in [3.63, 3.8) is 0 Å². The number of hydrogen-bond donors (Lipinski definition) is 2. The highest BCUT2D eigenvalue weighted by molar-refractivity contribution is 7.89. The van der Waals surface area contributed by atoms with Crippen LogP contribution in [-0.4, -0.2) is 28.0 Å². The SMILES string of the molecule is COc1ccccc1OCC(=O)NNS(=O)(=O)c1ccc(F)cc1F. The number of sulfonamides is 1. The number of ether oxygens (including phenoxy) is 2. The lowest BCUT2D eigenvalue weighted by Crippen LogP contribution is -2.44. The highest BCUT2D eigenvalue weighted by atomic mass is 32.2. The van der Waals surface area contributed by atoms with Crippen LogP contribution in [0.4, 0.5) is 8.78 Å². The molecule has 0 unspecified atom stereocenters. The maximum Gasteiger partial charge on any atom is 0.272 e. The fourth-order valence-corrected chi connectivity index (χ4v) is 2.71. The van der Waals surface area contributed by atoms with Gasteiger partial charge in [0.25, 0.3) is 15.9 Å². The average molecular weight is 372 g/mol. The molecule has 1 amide bonds. The summed E-state index contributed by atoms with van der Waals surface area (Å²) < 4.78 is 60.4. The lowest BCUT2D eigenvalue weighted by molar-refractivity contribution is -0.123. The minimum atomic E-state index is -4.40. The van der Waals surface area contributed by atoms with Crippen molar-refractivity contribution in [2.45, 2.75) is 4.90 Å². The number of carbonyl (C=O) groups is 1. The van der Waals surface area contributed by atoms with Crippen LogP contribution in [0.5, 0.6) is 11.5 Å². The minimum absolute atomic E-state index is 0.285. The number of carbonyl (C=O) groups excluding carboxylic acids is 1. The quantitative estimate of drug-likeness (QED) is 0.716. The van der Waals surface area contributed by atoms with Gasteiger partial charge in [-0.2, -0.15) is 0 Å². The van der Waals surface area contributed by atoms with Crippen molar-refractivity contribution >= 4 is 15.9 Å². The molecule has 0 saturated heterocycles. The van der Waals surface area contributed by atoms with E-state index in [4.69, 9.17) is 9.47 Å². The van der Waals surface area contributed by atoms with Gasteiger partial charge in [0, 0.05) is 6.07 Å². The van der Waals surface area contributed by atoms with Crippen LogP contribution in [0.15, 0.2) is 47.4 Å².